The molecular formula is C23H38N6O4. The Kier molecular flexibility index (Phi) is 10.8. The largest absolute Gasteiger partial charge is 0.383 e. The Hall–Kier alpha value is -3.01. The third-order valence-corrected chi connectivity index (χ3v) is 5.21. The van der Waals surface area contributed by atoms with Crippen LogP contribution < -0.4 is 20.9 Å². The first-order valence-corrected chi connectivity index (χ1v) is 11.6. The summed E-state index contributed by atoms with van der Waals surface area (Å²) in [6, 6.07) is 7.43. The van der Waals surface area contributed by atoms with Crippen molar-refractivity contribution < 1.29 is 19.1 Å². The number of urea groups is 2. The van der Waals surface area contributed by atoms with Gasteiger partial charge in [0.25, 0.3) is 0 Å². The summed E-state index contributed by atoms with van der Waals surface area (Å²) in [7, 11) is 1.56. The molecular weight excluding hydrogens is 424 g/mol. The number of piperazine rings is 1. The minimum atomic E-state index is -0.277. The molecule has 10 nitrogen and oxygen atoms in total. The van der Waals surface area contributed by atoms with Gasteiger partial charge in [0.15, 0.2) is 0 Å². The monoisotopic (exact) mass is 462 g/mol. The number of ether oxygens (including phenoxy) is 1. The summed E-state index contributed by atoms with van der Waals surface area (Å²) >= 11 is 0. The first-order valence-electron chi connectivity index (χ1n) is 11.6. The van der Waals surface area contributed by atoms with Gasteiger partial charge in [-0.05, 0) is 44.5 Å². The zero-order chi connectivity index (χ0) is 24.2. The Morgan fingerprint density at radius 3 is 2.33 bits per heavy atom. The predicted molar refractivity (Wildman–Crippen MR) is 130 cm³/mol. The zero-order valence-corrected chi connectivity index (χ0v) is 20.2. The lowest BCUT2D eigenvalue weighted by molar-refractivity contribution is -0.116. The summed E-state index contributed by atoms with van der Waals surface area (Å²) in [5.74, 6) is -0.268. The van der Waals surface area contributed by atoms with Crippen molar-refractivity contribution in [3.8, 4) is 0 Å². The molecule has 0 unspecified atom stereocenters. The number of rotatable bonds is 10. The van der Waals surface area contributed by atoms with Crippen molar-refractivity contribution in [2.45, 2.75) is 33.2 Å². The molecule has 0 aliphatic carbocycles. The SMILES string of the molecule is CCCNC(=O)N(CCOC)CC(=O)Nc1ccc(N2CCN(C(=O)NC(C)C)CC2)cc1. The van der Waals surface area contributed by atoms with E-state index in [4.69, 9.17) is 4.74 Å². The predicted octanol–water partition coefficient (Wildman–Crippen LogP) is 1.93. The van der Waals surface area contributed by atoms with Crippen LogP contribution >= 0.6 is 0 Å². The number of methoxy groups -OCH3 is 1. The van der Waals surface area contributed by atoms with Gasteiger partial charge in [-0.25, -0.2) is 9.59 Å². The molecule has 0 atom stereocenters. The van der Waals surface area contributed by atoms with Crippen molar-refractivity contribution in [2.75, 3.05) is 69.7 Å². The van der Waals surface area contributed by atoms with E-state index >= 15 is 0 Å². The van der Waals surface area contributed by atoms with Crippen LogP contribution in [0.2, 0.25) is 0 Å². The topological polar surface area (TPSA) is 106 Å². The van der Waals surface area contributed by atoms with E-state index in [0.717, 1.165) is 25.2 Å². The molecule has 0 bridgehead atoms. The highest BCUT2D eigenvalue weighted by Crippen LogP contribution is 2.19. The van der Waals surface area contributed by atoms with Gasteiger partial charge in [-0.3, -0.25) is 4.79 Å². The Morgan fingerprint density at radius 1 is 1.09 bits per heavy atom. The third-order valence-electron chi connectivity index (χ3n) is 5.21. The van der Waals surface area contributed by atoms with Crippen LogP contribution in [-0.2, 0) is 9.53 Å². The van der Waals surface area contributed by atoms with Crippen LogP contribution in [0.1, 0.15) is 27.2 Å². The van der Waals surface area contributed by atoms with Gasteiger partial charge < -0.3 is 35.4 Å². The summed E-state index contributed by atoms with van der Waals surface area (Å²) in [6.45, 7) is 9.88. The number of nitrogens with one attached hydrogen (secondary N) is 3. The maximum absolute atomic E-state index is 12.5. The van der Waals surface area contributed by atoms with Gasteiger partial charge in [-0.1, -0.05) is 6.92 Å². The molecule has 33 heavy (non-hydrogen) atoms. The average Bonchev–Trinajstić information content (AvgIpc) is 2.80. The van der Waals surface area contributed by atoms with Crippen molar-refractivity contribution >= 4 is 29.3 Å². The van der Waals surface area contributed by atoms with Gasteiger partial charge in [0, 0.05) is 63.8 Å². The second kappa shape index (κ2) is 13.5. The van der Waals surface area contributed by atoms with Crippen molar-refractivity contribution in [3.63, 3.8) is 0 Å². The van der Waals surface area contributed by atoms with Crippen molar-refractivity contribution in [1.29, 1.82) is 0 Å². The quantitative estimate of drug-likeness (QED) is 0.493. The zero-order valence-electron chi connectivity index (χ0n) is 20.2. The molecule has 1 aromatic carbocycles. The fraction of sp³-hybridized carbons (Fsp3) is 0.609. The number of nitrogens with zero attached hydrogens (tertiary/aromatic N) is 3. The minimum Gasteiger partial charge on any atom is -0.383 e. The van der Waals surface area contributed by atoms with E-state index in [-0.39, 0.29) is 30.6 Å². The lowest BCUT2D eigenvalue weighted by Crippen LogP contribution is -2.52. The minimum absolute atomic E-state index is 0.0226. The molecule has 0 radical (unpaired) electrons. The van der Waals surface area contributed by atoms with Crippen LogP contribution in [0.15, 0.2) is 24.3 Å². The molecule has 0 aromatic heterocycles. The number of anilines is 2. The molecule has 1 saturated heterocycles. The van der Waals surface area contributed by atoms with Crippen molar-refractivity contribution in [1.82, 2.24) is 20.4 Å². The van der Waals surface area contributed by atoms with Crippen LogP contribution in [0.5, 0.6) is 0 Å². The van der Waals surface area contributed by atoms with Crippen LogP contribution in [-0.4, -0.2) is 93.3 Å². The molecule has 10 heteroatoms. The molecule has 1 fully saturated rings. The highest BCUT2D eigenvalue weighted by molar-refractivity contribution is 5.94. The van der Waals surface area contributed by atoms with E-state index in [9.17, 15) is 14.4 Å². The summed E-state index contributed by atoms with van der Waals surface area (Å²) in [5.41, 5.74) is 1.71. The fourth-order valence-corrected chi connectivity index (χ4v) is 3.43. The molecule has 0 spiro atoms. The van der Waals surface area contributed by atoms with Gasteiger partial charge in [0.1, 0.15) is 6.54 Å². The summed E-state index contributed by atoms with van der Waals surface area (Å²) < 4.78 is 5.05. The van der Waals surface area contributed by atoms with Crippen LogP contribution in [0.3, 0.4) is 0 Å². The first-order chi connectivity index (χ1) is 15.8. The molecule has 0 saturated carbocycles. The van der Waals surface area contributed by atoms with E-state index < -0.39 is 0 Å². The summed E-state index contributed by atoms with van der Waals surface area (Å²) in [6.07, 6.45) is 0.822. The van der Waals surface area contributed by atoms with Crippen LogP contribution in [0.4, 0.5) is 21.0 Å². The van der Waals surface area contributed by atoms with Gasteiger partial charge >= 0.3 is 12.1 Å². The average molecular weight is 463 g/mol. The number of hydrogen-bond donors (Lipinski definition) is 3. The number of hydrogen-bond acceptors (Lipinski definition) is 5. The van der Waals surface area contributed by atoms with Crippen LogP contribution in [0, 0.1) is 0 Å². The Bertz CT molecular complexity index is 763. The molecule has 3 N–H and O–H groups in total. The molecule has 2 rings (SSSR count). The third kappa shape index (κ3) is 8.80. The van der Waals surface area contributed by atoms with Gasteiger partial charge in [0.05, 0.1) is 6.61 Å². The number of carbonyl (C=O) groups is 3. The van der Waals surface area contributed by atoms with Gasteiger partial charge in [0.2, 0.25) is 5.91 Å². The van der Waals surface area contributed by atoms with Gasteiger partial charge in [-0.15, -0.1) is 0 Å². The number of amides is 5. The van der Waals surface area contributed by atoms with Crippen molar-refractivity contribution in [3.05, 3.63) is 24.3 Å². The number of carbonyl (C=O) groups excluding carboxylic acids is 3. The molecule has 1 heterocycles. The second-order valence-electron chi connectivity index (χ2n) is 8.32. The highest BCUT2D eigenvalue weighted by atomic mass is 16.5. The second-order valence-corrected chi connectivity index (χ2v) is 8.32. The maximum atomic E-state index is 12.5. The standard InChI is InChI=1S/C23H38N6O4/c1-5-10-24-22(31)29(15-16-33-4)17-21(30)26-19-6-8-20(9-7-19)27-11-13-28(14-12-27)23(32)25-18(2)3/h6-9,18H,5,10-17H2,1-4H3,(H,24,31)(H,25,32)(H,26,30). The lowest BCUT2D eigenvalue weighted by Gasteiger charge is -2.36. The normalized spacial score (nSPS) is 13.6. The summed E-state index contributed by atoms with van der Waals surface area (Å²) in [5, 5.41) is 8.57. The van der Waals surface area contributed by atoms with E-state index in [1.165, 1.54) is 4.90 Å². The molecule has 1 aromatic rings. The Labute approximate surface area is 196 Å². The molecule has 1 aliphatic rings. The smallest absolute Gasteiger partial charge is 0.317 e. The highest BCUT2D eigenvalue weighted by Gasteiger charge is 2.22. The molecule has 5 amide bonds. The molecule has 1 aliphatic heterocycles. The van der Waals surface area contributed by atoms with Crippen molar-refractivity contribution in [2.24, 2.45) is 0 Å². The Balaban J connectivity index is 1.86. The van der Waals surface area contributed by atoms with Crippen LogP contribution in [0.25, 0.3) is 0 Å². The van der Waals surface area contributed by atoms with E-state index in [2.05, 4.69) is 20.9 Å². The van der Waals surface area contributed by atoms with E-state index in [1.54, 1.807) is 7.11 Å². The molecule has 184 valence electrons. The van der Waals surface area contributed by atoms with E-state index in [0.29, 0.717) is 38.5 Å². The maximum Gasteiger partial charge on any atom is 0.317 e. The summed E-state index contributed by atoms with van der Waals surface area (Å²) in [4.78, 5) is 42.4. The number of benzene rings is 1. The van der Waals surface area contributed by atoms with Gasteiger partial charge in [-0.2, -0.15) is 0 Å². The first kappa shape index (κ1) is 26.2. The van der Waals surface area contributed by atoms with E-state index in [1.807, 2.05) is 49.9 Å². The fourth-order valence-electron chi connectivity index (χ4n) is 3.43. The lowest BCUT2D eigenvalue weighted by atomic mass is 10.2. The Morgan fingerprint density at radius 2 is 1.76 bits per heavy atom.